The number of hydrogen-bond acceptors (Lipinski definition) is 5. The number of H-pyrrole nitrogens is 1. The summed E-state index contributed by atoms with van der Waals surface area (Å²) in [5.41, 5.74) is 7.68. The molecule has 0 radical (unpaired) electrons. The quantitative estimate of drug-likeness (QED) is 0.766. The zero-order chi connectivity index (χ0) is 13.2. The first-order valence-corrected chi connectivity index (χ1v) is 6.94. The number of pyridine rings is 1. The molecule has 3 heterocycles. The van der Waals surface area contributed by atoms with E-state index in [1.165, 1.54) is 0 Å². The normalized spacial score (nSPS) is 12.7. The van der Waals surface area contributed by atoms with Gasteiger partial charge in [-0.05, 0) is 24.4 Å². The van der Waals surface area contributed by atoms with Crippen LogP contribution in [0.25, 0.3) is 11.2 Å². The lowest BCUT2D eigenvalue weighted by molar-refractivity contribution is 0.328. The van der Waals surface area contributed by atoms with E-state index in [1.807, 2.05) is 36.6 Å². The standard InChI is InChI=1S/C13H14N4OS/c1-2-18-10-6-5-8-12(16-10)17-13(15-8)11(14)9-4-3-7-19-9/h3-7,11H,2,14H2,1H3,(H,15,16,17). The average Bonchev–Trinajstić information content (AvgIpc) is 3.07. The molecule has 0 aromatic carbocycles. The molecule has 0 spiro atoms. The molecule has 0 saturated carbocycles. The Morgan fingerprint density at radius 2 is 2.26 bits per heavy atom. The lowest BCUT2D eigenvalue weighted by atomic mass is 10.2. The molecule has 0 aliphatic heterocycles. The lowest BCUT2D eigenvalue weighted by Crippen LogP contribution is -2.11. The average molecular weight is 274 g/mol. The molecule has 3 aromatic rings. The molecule has 3 rings (SSSR count). The zero-order valence-corrected chi connectivity index (χ0v) is 11.3. The summed E-state index contributed by atoms with van der Waals surface area (Å²) in [6.45, 7) is 2.51. The monoisotopic (exact) mass is 274 g/mol. The fraction of sp³-hybridized carbons (Fsp3) is 0.231. The Kier molecular flexibility index (Phi) is 3.18. The summed E-state index contributed by atoms with van der Waals surface area (Å²) in [5.74, 6) is 1.30. The van der Waals surface area contributed by atoms with Crippen molar-refractivity contribution in [2.24, 2.45) is 5.73 Å². The maximum atomic E-state index is 6.18. The smallest absolute Gasteiger partial charge is 0.215 e. The molecule has 5 nitrogen and oxygen atoms in total. The summed E-state index contributed by atoms with van der Waals surface area (Å²) in [6, 6.07) is 7.47. The number of nitrogens with two attached hydrogens (primary N) is 1. The van der Waals surface area contributed by atoms with Crippen molar-refractivity contribution in [3.05, 3.63) is 40.3 Å². The van der Waals surface area contributed by atoms with E-state index in [4.69, 9.17) is 10.5 Å². The molecule has 0 bridgehead atoms. The van der Waals surface area contributed by atoms with Gasteiger partial charge in [0, 0.05) is 10.9 Å². The van der Waals surface area contributed by atoms with Crippen molar-refractivity contribution in [3.8, 4) is 5.88 Å². The first kappa shape index (κ1) is 12.1. The van der Waals surface area contributed by atoms with E-state index in [0.29, 0.717) is 18.1 Å². The molecule has 3 N–H and O–H groups in total. The molecule has 19 heavy (non-hydrogen) atoms. The minimum Gasteiger partial charge on any atom is -0.478 e. The van der Waals surface area contributed by atoms with Crippen molar-refractivity contribution >= 4 is 22.5 Å². The Morgan fingerprint density at radius 3 is 3.00 bits per heavy atom. The number of nitrogens with zero attached hydrogens (tertiary/aromatic N) is 2. The Labute approximate surface area is 114 Å². The van der Waals surface area contributed by atoms with Gasteiger partial charge >= 0.3 is 0 Å². The molecular formula is C13H14N4OS. The number of fused-ring (bicyclic) bond motifs is 1. The van der Waals surface area contributed by atoms with Crippen LogP contribution in [0.3, 0.4) is 0 Å². The molecule has 1 atom stereocenters. The minimum absolute atomic E-state index is 0.246. The van der Waals surface area contributed by atoms with Gasteiger partial charge < -0.3 is 15.5 Å². The second-order valence-corrected chi connectivity index (χ2v) is 5.05. The third kappa shape index (κ3) is 2.32. The van der Waals surface area contributed by atoms with Crippen LogP contribution in [0.5, 0.6) is 5.88 Å². The molecule has 0 aliphatic rings. The highest BCUT2D eigenvalue weighted by Crippen LogP contribution is 2.24. The highest BCUT2D eigenvalue weighted by molar-refractivity contribution is 7.10. The third-order valence-corrected chi connectivity index (χ3v) is 3.73. The van der Waals surface area contributed by atoms with E-state index in [-0.39, 0.29) is 6.04 Å². The third-order valence-electron chi connectivity index (χ3n) is 2.78. The highest BCUT2D eigenvalue weighted by atomic mass is 32.1. The van der Waals surface area contributed by atoms with Gasteiger partial charge in [0.1, 0.15) is 5.82 Å². The summed E-state index contributed by atoms with van der Waals surface area (Å²) >= 11 is 1.62. The molecule has 0 amide bonds. The zero-order valence-electron chi connectivity index (χ0n) is 10.5. The second-order valence-electron chi connectivity index (χ2n) is 4.07. The van der Waals surface area contributed by atoms with Crippen LogP contribution in [0.1, 0.15) is 23.7 Å². The van der Waals surface area contributed by atoms with E-state index >= 15 is 0 Å². The maximum Gasteiger partial charge on any atom is 0.215 e. The fourth-order valence-corrected chi connectivity index (χ4v) is 2.60. The van der Waals surface area contributed by atoms with Crippen LogP contribution in [0.15, 0.2) is 29.6 Å². The number of rotatable bonds is 4. The largest absolute Gasteiger partial charge is 0.478 e. The number of imidazole rings is 1. The van der Waals surface area contributed by atoms with Crippen molar-refractivity contribution in [1.29, 1.82) is 0 Å². The van der Waals surface area contributed by atoms with Crippen LogP contribution in [0, 0.1) is 0 Å². The number of aromatic nitrogens is 3. The molecule has 6 heteroatoms. The van der Waals surface area contributed by atoms with Crippen LogP contribution < -0.4 is 10.5 Å². The molecular weight excluding hydrogens is 260 g/mol. The van der Waals surface area contributed by atoms with Gasteiger partial charge in [0.25, 0.3) is 0 Å². The van der Waals surface area contributed by atoms with Crippen LogP contribution in [-0.4, -0.2) is 21.6 Å². The molecule has 0 fully saturated rings. The first-order valence-electron chi connectivity index (χ1n) is 6.06. The predicted octanol–water partition coefficient (Wildman–Crippen LogP) is 2.47. The number of hydrogen-bond donors (Lipinski definition) is 2. The number of nitrogens with one attached hydrogen (secondary N) is 1. The molecule has 0 saturated heterocycles. The van der Waals surface area contributed by atoms with E-state index in [1.54, 1.807) is 11.3 Å². The summed E-state index contributed by atoms with van der Waals surface area (Å²) < 4.78 is 5.36. The fourth-order valence-electron chi connectivity index (χ4n) is 1.87. The van der Waals surface area contributed by atoms with Gasteiger partial charge in [0.05, 0.1) is 18.2 Å². The summed E-state index contributed by atoms with van der Waals surface area (Å²) in [5, 5.41) is 2.00. The molecule has 0 aliphatic carbocycles. The number of ether oxygens (including phenoxy) is 1. The minimum atomic E-state index is -0.246. The van der Waals surface area contributed by atoms with Gasteiger partial charge in [-0.25, -0.2) is 4.98 Å². The van der Waals surface area contributed by atoms with Gasteiger partial charge in [0.2, 0.25) is 5.88 Å². The predicted molar refractivity (Wildman–Crippen MR) is 75.4 cm³/mol. The summed E-state index contributed by atoms with van der Waals surface area (Å²) in [7, 11) is 0. The summed E-state index contributed by atoms with van der Waals surface area (Å²) in [4.78, 5) is 13.1. The topological polar surface area (TPSA) is 76.8 Å². The van der Waals surface area contributed by atoms with Crippen molar-refractivity contribution in [2.45, 2.75) is 13.0 Å². The Balaban J connectivity index is 1.97. The van der Waals surface area contributed by atoms with Crippen LogP contribution in [-0.2, 0) is 0 Å². The van der Waals surface area contributed by atoms with E-state index in [0.717, 1.165) is 16.2 Å². The maximum absolute atomic E-state index is 6.18. The van der Waals surface area contributed by atoms with E-state index in [2.05, 4.69) is 15.0 Å². The van der Waals surface area contributed by atoms with Crippen LogP contribution in [0.2, 0.25) is 0 Å². The van der Waals surface area contributed by atoms with Gasteiger partial charge in [-0.2, -0.15) is 4.98 Å². The lowest BCUT2D eigenvalue weighted by Gasteiger charge is -2.04. The van der Waals surface area contributed by atoms with Crippen molar-refractivity contribution < 1.29 is 4.74 Å². The summed E-state index contributed by atoms with van der Waals surface area (Å²) in [6.07, 6.45) is 0. The Morgan fingerprint density at radius 1 is 1.37 bits per heavy atom. The molecule has 98 valence electrons. The number of aromatic amines is 1. The van der Waals surface area contributed by atoms with Crippen LogP contribution in [0.4, 0.5) is 0 Å². The Hall–Kier alpha value is -1.92. The van der Waals surface area contributed by atoms with Crippen molar-refractivity contribution in [2.75, 3.05) is 6.61 Å². The Bertz CT molecular complexity index is 677. The van der Waals surface area contributed by atoms with Crippen molar-refractivity contribution in [3.63, 3.8) is 0 Å². The van der Waals surface area contributed by atoms with Gasteiger partial charge in [-0.1, -0.05) is 6.07 Å². The molecule has 1 unspecified atom stereocenters. The number of thiophene rings is 1. The van der Waals surface area contributed by atoms with E-state index in [9.17, 15) is 0 Å². The van der Waals surface area contributed by atoms with Crippen molar-refractivity contribution in [1.82, 2.24) is 15.0 Å². The van der Waals surface area contributed by atoms with E-state index < -0.39 is 0 Å². The van der Waals surface area contributed by atoms with Gasteiger partial charge in [0.15, 0.2) is 5.65 Å². The highest BCUT2D eigenvalue weighted by Gasteiger charge is 2.15. The first-order chi connectivity index (χ1) is 9.28. The SMILES string of the molecule is CCOc1ccc2[nH]c(C(N)c3cccs3)nc2n1. The van der Waals surface area contributed by atoms with Gasteiger partial charge in [-0.15, -0.1) is 11.3 Å². The van der Waals surface area contributed by atoms with Crippen LogP contribution >= 0.6 is 11.3 Å². The second kappa shape index (κ2) is 4.99. The van der Waals surface area contributed by atoms with Gasteiger partial charge in [-0.3, -0.25) is 0 Å². The molecule has 3 aromatic heterocycles.